The van der Waals surface area contributed by atoms with Crippen molar-refractivity contribution < 1.29 is 4.79 Å². The van der Waals surface area contributed by atoms with Gasteiger partial charge in [-0.15, -0.1) is 0 Å². The van der Waals surface area contributed by atoms with Crippen LogP contribution in [0.25, 0.3) is 0 Å². The van der Waals surface area contributed by atoms with Gasteiger partial charge in [-0.3, -0.25) is 4.79 Å². The van der Waals surface area contributed by atoms with Gasteiger partial charge in [-0.05, 0) is 35.9 Å². The monoisotopic (exact) mass is 287 g/mol. The first kappa shape index (κ1) is 14.6. The maximum Gasteiger partial charge on any atom is 0.162 e. The summed E-state index contributed by atoms with van der Waals surface area (Å²) in [6.45, 7) is 2.61. The minimum atomic E-state index is 0.172. The number of carbonyl (C=O) groups is 1. The third-order valence-electron chi connectivity index (χ3n) is 3.32. The van der Waals surface area contributed by atoms with Crippen LogP contribution in [0.3, 0.4) is 0 Å². The largest absolute Gasteiger partial charge is 0.370 e. The zero-order valence-electron chi connectivity index (χ0n) is 11.8. The number of ketones is 1. The fourth-order valence-electron chi connectivity index (χ4n) is 2.08. The van der Waals surface area contributed by atoms with Crippen molar-refractivity contribution in [1.82, 2.24) is 0 Å². The normalized spacial score (nSPS) is 10.3. The Labute approximate surface area is 125 Å². The van der Waals surface area contributed by atoms with Gasteiger partial charge in [0.1, 0.15) is 0 Å². The molecular weight excluding hydrogens is 270 g/mol. The molecule has 104 valence electrons. The molecule has 20 heavy (non-hydrogen) atoms. The molecule has 0 saturated carbocycles. The molecule has 0 fully saturated rings. The van der Waals surface area contributed by atoms with Crippen LogP contribution in [-0.2, 0) is 6.54 Å². The molecule has 0 aromatic heterocycles. The molecule has 0 spiro atoms. The molecule has 2 aromatic carbocycles. The van der Waals surface area contributed by atoms with Crippen molar-refractivity contribution in [3.63, 3.8) is 0 Å². The molecule has 0 N–H and O–H groups in total. The average molecular weight is 288 g/mol. The topological polar surface area (TPSA) is 20.3 Å². The zero-order valence-corrected chi connectivity index (χ0v) is 12.5. The molecular formula is C17H18ClNO. The van der Waals surface area contributed by atoms with Crippen molar-refractivity contribution in [3.05, 3.63) is 64.7 Å². The summed E-state index contributed by atoms with van der Waals surface area (Å²) in [5.74, 6) is 0.172. The second kappa shape index (κ2) is 6.58. The lowest BCUT2D eigenvalue weighted by atomic mass is 10.1. The highest BCUT2D eigenvalue weighted by Crippen LogP contribution is 2.21. The molecule has 0 saturated heterocycles. The molecule has 0 unspecified atom stereocenters. The van der Waals surface area contributed by atoms with Gasteiger partial charge in [0, 0.05) is 36.3 Å². The van der Waals surface area contributed by atoms with E-state index in [2.05, 4.69) is 4.90 Å². The quantitative estimate of drug-likeness (QED) is 0.751. The maximum absolute atomic E-state index is 11.6. The van der Waals surface area contributed by atoms with E-state index in [9.17, 15) is 4.79 Å². The van der Waals surface area contributed by atoms with E-state index < -0.39 is 0 Å². The van der Waals surface area contributed by atoms with Crippen LogP contribution < -0.4 is 4.90 Å². The smallest absolute Gasteiger partial charge is 0.162 e. The summed E-state index contributed by atoms with van der Waals surface area (Å²) in [5, 5.41) is 0.775. The van der Waals surface area contributed by atoms with Gasteiger partial charge in [0.05, 0.1) is 0 Å². The number of benzene rings is 2. The Morgan fingerprint density at radius 2 is 1.75 bits per heavy atom. The van der Waals surface area contributed by atoms with Crippen LogP contribution in [0.4, 0.5) is 5.69 Å². The second-order valence-electron chi connectivity index (χ2n) is 4.77. The van der Waals surface area contributed by atoms with Gasteiger partial charge in [0.15, 0.2) is 5.78 Å². The summed E-state index contributed by atoms with van der Waals surface area (Å²) in [5.41, 5.74) is 2.92. The Bertz CT molecular complexity index is 592. The van der Waals surface area contributed by atoms with Crippen LogP contribution in [0.5, 0.6) is 0 Å². The molecule has 0 bridgehead atoms. The van der Waals surface area contributed by atoms with Crippen LogP contribution in [0.2, 0.25) is 5.02 Å². The Morgan fingerprint density at radius 3 is 2.35 bits per heavy atom. The molecule has 0 aliphatic heterocycles. The van der Waals surface area contributed by atoms with E-state index in [0.717, 1.165) is 28.4 Å². The van der Waals surface area contributed by atoms with Crippen LogP contribution in [0.1, 0.15) is 29.3 Å². The van der Waals surface area contributed by atoms with Crippen molar-refractivity contribution in [1.29, 1.82) is 0 Å². The van der Waals surface area contributed by atoms with Gasteiger partial charge in [-0.1, -0.05) is 36.7 Å². The van der Waals surface area contributed by atoms with Crippen LogP contribution in [-0.4, -0.2) is 12.8 Å². The van der Waals surface area contributed by atoms with Crippen molar-refractivity contribution in [2.75, 3.05) is 11.9 Å². The fourth-order valence-corrected chi connectivity index (χ4v) is 2.27. The van der Waals surface area contributed by atoms with Gasteiger partial charge in [0.2, 0.25) is 0 Å². The summed E-state index contributed by atoms with van der Waals surface area (Å²) in [7, 11) is 2.01. The van der Waals surface area contributed by atoms with Gasteiger partial charge < -0.3 is 4.90 Å². The van der Waals surface area contributed by atoms with Gasteiger partial charge in [-0.2, -0.15) is 0 Å². The lowest BCUT2D eigenvalue weighted by Gasteiger charge is -2.20. The standard InChI is InChI=1S/C17H18ClNO/c1-3-17(20)13-8-10-15(11-9-13)19(2)12-14-6-4-5-7-16(14)18/h4-11H,3,12H2,1-2H3. The summed E-state index contributed by atoms with van der Waals surface area (Å²) < 4.78 is 0. The van der Waals surface area contributed by atoms with Crippen LogP contribution in [0.15, 0.2) is 48.5 Å². The first-order valence-corrected chi connectivity index (χ1v) is 7.07. The van der Waals surface area contributed by atoms with E-state index in [1.54, 1.807) is 0 Å². The van der Waals surface area contributed by atoms with Crippen molar-refractivity contribution >= 4 is 23.1 Å². The van der Waals surface area contributed by atoms with Crippen LogP contribution >= 0.6 is 11.6 Å². The number of halogens is 1. The summed E-state index contributed by atoms with van der Waals surface area (Å²) in [4.78, 5) is 13.7. The molecule has 2 rings (SSSR count). The first-order chi connectivity index (χ1) is 9.61. The van der Waals surface area contributed by atoms with E-state index >= 15 is 0 Å². The fraction of sp³-hybridized carbons (Fsp3) is 0.235. The van der Waals surface area contributed by atoms with E-state index in [1.807, 2.05) is 62.5 Å². The van der Waals surface area contributed by atoms with E-state index in [-0.39, 0.29) is 5.78 Å². The highest BCUT2D eigenvalue weighted by Gasteiger charge is 2.07. The maximum atomic E-state index is 11.6. The third-order valence-corrected chi connectivity index (χ3v) is 3.69. The number of rotatable bonds is 5. The van der Waals surface area contributed by atoms with Crippen molar-refractivity contribution in [3.8, 4) is 0 Å². The molecule has 0 amide bonds. The van der Waals surface area contributed by atoms with Gasteiger partial charge in [0.25, 0.3) is 0 Å². The average Bonchev–Trinajstić information content (AvgIpc) is 2.49. The van der Waals surface area contributed by atoms with Gasteiger partial charge >= 0.3 is 0 Å². The van der Waals surface area contributed by atoms with Gasteiger partial charge in [-0.25, -0.2) is 0 Å². The minimum absolute atomic E-state index is 0.172. The van der Waals surface area contributed by atoms with E-state index in [0.29, 0.717) is 6.42 Å². The first-order valence-electron chi connectivity index (χ1n) is 6.69. The number of nitrogens with zero attached hydrogens (tertiary/aromatic N) is 1. The molecule has 0 heterocycles. The Kier molecular flexibility index (Phi) is 4.80. The second-order valence-corrected chi connectivity index (χ2v) is 5.18. The van der Waals surface area contributed by atoms with Crippen LogP contribution in [0, 0.1) is 0 Å². The number of hydrogen-bond donors (Lipinski definition) is 0. The molecule has 2 nitrogen and oxygen atoms in total. The highest BCUT2D eigenvalue weighted by molar-refractivity contribution is 6.31. The number of hydrogen-bond acceptors (Lipinski definition) is 2. The Hall–Kier alpha value is -1.80. The SMILES string of the molecule is CCC(=O)c1ccc(N(C)Cc2ccccc2Cl)cc1. The third kappa shape index (κ3) is 3.40. The number of carbonyl (C=O) groups excluding carboxylic acids is 1. The number of anilines is 1. The highest BCUT2D eigenvalue weighted by atomic mass is 35.5. The zero-order chi connectivity index (χ0) is 14.5. The Balaban J connectivity index is 2.12. The van der Waals surface area contributed by atoms with Crippen molar-refractivity contribution in [2.24, 2.45) is 0 Å². The molecule has 0 atom stereocenters. The summed E-state index contributed by atoms with van der Waals surface area (Å²) in [6, 6.07) is 15.5. The molecule has 3 heteroatoms. The molecule has 2 aromatic rings. The Morgan fingerprint density at radius 1 is 1.10 bits per heavy atom. The molecule has 0 aliphatic rings. The summed E-state index contributed by atoms with van der Waals surface area (Å²) >= 11 is 6.17. The lowest BCUT2D eigenvalue weighted by molar-refractivity contribution is 0.0988. The van der Waals surface area contributed by atoms with E-state index in [4.69, 9.17) is 11.6 Å². The molecule has 0 radical (unpaired) electrons. The van der Waals surface area contributed by atoms with E-state index in [1.165, 1.54) is 0 Å². The number of Topliss-reactive ketones (excluding diaryl/α,β-unsaturated/α-hetero) is 1. The predicted molar refractivity (Wildman–Crippen MR) is 84.6 cm³/mol. The lowest BCUT2D eigenvalue weighted by Crippen LogP contribution is -2.16. The summed E-state index contributed by atoms with van der Waals surface area (Å²) in [6.07, 6.45) is 0.537. The molecule has 0 aliphatic carbocycles. The van der Waals surface area contributed by atoms with Crippen molar-refractivity contribution in [2.45, 2.75) is 19.9 Å². The predicted octanol–water partition coefficient (Wildman–Crippen LogP) is 4.57. The minimum Gasteiger partial charge on any atom is -0.370 e.